The van der Waals surface area contributed by atoms with E-state index in [1.54, 1.807) is 0 Å². The van der Waals surface area contributed by atoms with E-state index in [1.165, 1.54) is 0 Å². The van der Waals surface area contributed by atoms with E-state index >= 15 is 0 Å². The van der Waals surface area contributed by atoms with Gasteiger partial charge in [-0.3, -0.25) is 9.59 Å². The molecule has 0 aliphatic heterocycles. The number of nitrogens with one attached hydrogen (secondary N) is 2. The van der Waals surface area contributed by atoms with Crippen LogP contribution in [0.25, 0.3) is 11.1 Å². The summed E-state index contributed by atoms with van der Waals surface area (Å²) in [5.41, 5.74) is 4.54. The molecule has 0 aromatic heterocycles. The van der Waals surface area contributed by atoms with Crippen LogP contribution in [0.3, 0.4) is 0 Å². The molecule has 7 nitrogen and oxygen atoms in total. The van der Waals surface area contributed by atoms with Crippen molar-refractivity contribution in [3.8, 4) is 11.1 Å². The van der Waals surface area contributed by atoms with Crippen LogP contribution in [0.5, 0.6) is 0 Å². The molecule has 0 radical (unpaired) electrons. The van der Waals surface area contributed by atoms with E-state index in [9.17, 15) is 14.4 Å². The molecule has 2 aliphatic carbocycles. The van der Waals surface area contributed by atoms with Gasteiger partial charge in [0.2, 0.25) is 5.91 Å². The molecule has 0 heterocycles. The Morgan fingerprint density at radius 3 is 2.06 bits per heavy atom. The van der Waals surface area contributed by atoms with E-state index in [2.05, 4.69) is 34.9 Å². The maximum Gasteiger partial charge on any atom is 0.407 e. The van der Waals surface area contributed by atoms with Gasteiger partial charge in [0.15, 0.2) is 0 Å². The highest BCUT2D eigenvalue weighted by molar-refractivity contribution is 5.87. The summed E-state index contributed by atoms with van der Waals surface area (Å²) in [5, 5.41) is 14.7. The van der Waals surface area contributed by atoms with Crippen LogP contribution < -0.4 is 10.6 Å². The Morgan fingerprint density at radius 2 is 1.55 bits per heavy atom. The number of rotatable bonds is 9. The minimum Gasteiger partial charge on any atom is -0.481 e. The van der Waals surface area contributed by atoms with E-state index in [0.717, 1.165) is 35.1 Å². The number of amides is 2. The van der Waals surface area contributed by atoms with Crippen LogP contribution in [0.1, 0.15) is 50.2 Å². The van der Waals surface area contributed by atoms with Gasteiger partial charge in [-0.15, -0.1) is 0 Å². The van der Waals surface area contributed by atoms with Crippen molar-refractivity contribution < 1.29 is 24.2 Å². The second-order valence-corrected chi connectivity index (χ2v) is 9.24. The molecule has 3 N–H and O–H groups in total. The van der Waals surface area contributed by atoms with Gasteiger partial charge in [0, 0.05) is 12.0 Å². The molecule has 174 valence electrons. The van der Waals surface area contributed by atoms with Gasteiger partial charge in [0.05, 0.1) is 6.42 Å². The van der Waals surface area contributed by atoms with Gasteiger partial charge in [0.1, 0.15) is 12.6 Å². The highest BCUT2D eigenvalue weighted by atomic mass is 16.5. The number of carboxylic acids is 1. The van der Waals surface area contributed by atoms with E-state index in [-0.39, 0.29) is 36.7 Å². The zero-order valence-corrected chi connectivity index (χ0v) is 18.9. The Bertz CT molecular complexity index is 1000. The molecule has 1 saturated carbocycles. The lowest BCUT2D eigenvalue weighted by atomic mass is 9.98. The number of carboxylic acid groups (broad SMARTS) is 1. The highest BCUT2D eigenvalue weighted by Crippen LogP contribution is 2.44. The molecular weight excluding hydrogens is 420 g/mol. The van der Waals surface area contributed by atoms with Gasteiger partial charge < -0.3 is 20.5 Å². The molecule has 2 aliphatic rings. The van der Waals surface area contributed by atoms with Crippen molar-refractivity contribution in [3.63, 3.8) is 0 Å². The fourth-order valence-electron chi connectivity index (χ4n) is 4.51. The minimum absolute atomic E-state index is 0.0423. The minimum atomic E-state index is -0.971. The third-order valence-corrected chi connectivity index (χ3v) is 6.52. The molecular formula is C26H30N2O5. The first-order valence-corrected chi connectivity index (χ1v) is 11.5. The van der Waals surface area contributed by atoms with Crippen molar-refractivity contribution in [1.29, 1.82) is 0 Å². The van der Waals surface area contributed by atoms with Crippen LogP contribution >= 0.6 is 0 Å². The molecule has 2 aromatic carbocycles. The molecule has 2 atom stereocenters. The molecule has 0 spiro atoms. The molecule has 2 aromatic rings. The summed E-state index contributed by atoms with van der Waals surface area (Å²) >= 11 is 0. The second-order valence-electron chi connectivity index (χ2n) is 9.24. The van der Waals surface area contributed by atoms with Crippen LogP contribution in [0.15, 0.2) is 48.5 Å². The number of fused-ring (bicyclic) bond motifs is 3. The van der Waals surface area contributed by atoms with Crippen LogP contribution in [0.4, 0.5) is 4.79 Å². The number of carbonyl (C=O) groups is 3. The van der Waals surface area contributed by atoms with E-state index in [4.69, 9.17) is 9.84 Å². The fourth-order valence-corrected chi connectivity index (χ4v) is 4.51. The van der Waals surface area contributed by atoms with Crippen molar-refractivity contribution in [2.45, 2.75) is 51.1 Å². The molecule has 33 heavy (non-hydrogen) atoms. The lowest BCUT2D eigenvalue weighted by Crippen LogP contribution is -2.52. The first kappa shape index (κ1) is 22.8. The second kappa shape index (κ2) is 9.65. The SMILES string of the molecule is CC(C)C(CC(=O)O)NC(=O)C(NC(=O)OCC1c2ccccc2-c2ccccc21)C1CC1. The van der Waals surface area contributed by atoms with Gasteiger partial charge in [-0.1, -0.05) is 62.4 Å². The van der Waals surface area contributed by atoms with E-state index < -0.39 is 24.1 Å². The number of carbonyl (C=O) groups excluding carboxylic acids is 2. The Labute approximate surface area is 193 Å². The zero-order valence-electron chi connectivity index (χ0n) is 18.9. The number of benzene rings is 2. The molecule has 1 fully saturated rings. The van der Waals surface area contributed by atoms with Crippen LogP contribution in [0, 0.1) is 11.8 Å². The summed E-state index contributed by atoms with van der Waals surface area (Å²) in [5.74, 6) is -1.38. The smallest absolute Gasteiger partial charge is 0.407 e. The average molecular weight is 451 g/mol. The van der Waals surface area contributed by atoms with Gasteiger partial charge >= 0.3 is 12.1 Å². The van der Waals surface area contributed by atoms with Gasteiger partial charge in [-0.2, -0.15) is 0 Å². The quantitative estimate of drug-likeness (QED) is 0.537. The number of aliphatic carboxylic acids is 1. The number of ether oxygens (including phenoxy) is 1. The lowest BCUT2D eigenvalue weighted by molar-refractivity contribution is -0.138. The Balaban J connectivity index is 1.39. The molecule has 0 saturated heterocycles. The first-order valence-electron chi connectivity index (χ1n) is 11.5. The maximum absolute atomic E-state index is 12.9. The normalized spacial score (nSPS) is 16.5. The summed E-state index contributed by atoms with van der Waals surface area (Å²) < 4.78 is 5.59. The molecule has 7 heteroatoms. The summed E-state index contributed by atoms with van der Waals surface area (Å²) in [4.78, 5) is 36.7. The van der Waals surface area contributed by atoms with Gasteiger partial charge in [0.25, 0.3) is 0 Å². The van der Waals surface area contributed by atoms with E-state index in [1.807, 2.05) is 38.1 Å². The van der Waals surface area contributed by atoms with Gasteiger partial charge in [-0.05, 0) is 46.9 Å². The third-order valence-electron chi connectivity index (χ3n) is 6.52. The van der Waals surface area contributed by atoms with Crippen LogP contribution in [-0.2, 0) is 14.3 Å². The van der Waals surface area contributed by atoms with Crippen molar-refractivity contribution in [1.82, 2.24) is 10.6 Å². The van der Waals surface area contributed by atoms with Crippen molar-refractivity contribution in [3.05, 3.63) is 59.7 Å². The predicted molar refractivity (Wildman–Crippen MR) is 124 cm³/mol. The van der Waals surface area contributed by atoms with E-state index in [0.29, 0.717) is 0 Å². The highest BCUT2D eigenvalue weighted by Gasteiger charge is 2.39. The van der Waals surface area contributed by atoms with Crippen molar-refractivity contribution >= 4 is 18.0 Å². The first-order chi connectivity index (χ1) is 15.8. The zero-order chi connectivity index (χ0) is 23.5. The fraction of sp³-hybridized carbons (Fsp3) is 0.423. The number of hydrogen-bond donors (Lipinski definition) is 3. The Kier molecular flexibility index (Phi) is 6.67. The molecule has 2 unspecified atom stereocenters. The summed E-state index contributed by atoms with van der Waals surface area (Å²) in [6.07, 6.45) is 0.884. The van der Waals surface area contributed by atoms with Crippen molar-refractivity contribution in [2.75, 3.05) is 6.61 Å². The topological polar surface area (TPSA) is 105 Å². The molecule has 0 bridgehead atoms. The summed E-state index contributed by atoms with van der Waals surface area (Å²) in [6, 6.07) is 15.0. The number of alkyl carbamates (subject to hydrolysis) is 1. The molecule has 4 rings (SSSR count). The van der Waals surface area contributed by atoms with Crippen LogP contribution in [0.2, 0.25) is 0 Å². The van der Waals surface area contributed by atoms with Gasteiger partial charge in [-0.25, -0.2) is 4.79 Å². The van der Waals surface area contributed by atoms with Crippen molar-refractivity contribution in [2.24, 2.45) is 11.8 Å². The summed E-state index contributed by atoms with van der Waals surface area (Å²) in [7, 11) is 0. The summed E-state index contributed by atoms with van der Waals surface area (Å²) in [6.45, 7) is 3.89. The monoisotopic (exact) mass is 450 g/mol. The number of hydrogen-bond acceptors (Lipinski definition) is 4. The van der Waals surface area contributed by atoms with Crippen LogP contribution in [-0.4, -0.2) is 41.8 Å². The standard InChI is InChI=1S/C26H30N2O5/c1-15(2)22(13-23(29)30)27-25(31)24(16-11-12-16)28-26(32)33-14-21-19-9-5-3-7-17(19)18-8-4-6-10-20(18)21/h3-10,15-16,21-22,24H,11-14H2,1-2H3,(H,27,31)(H,28,32)(H,29,30). The average Bonchev–Trinajstić information content (AvgIpc) is 3.57. The Morgan fingerprint density at radius 1 is 0.970 bits per heavy atom. The third kappa shape index (κ3) is 5.18. The lowest BCUT2D eigenvalue weighted by Gasteiger charge is -2.25. The largest absolute Gasteiger partial charge is 0.481 e. The predicted octanol–water partition coefficient (Wildman–Crippen LogP) is 3.92. The molecule has 2 amide bonds. The Hall–Kier alpha value is -3.35. The maximum atomic E-state index is 12.9.